The SMILES string of the molecule is CC(C)CC1(O)CCN(C(=O)c2ccc(NSc3cccc4c3OCC4)cc2)CC1. The molecule has 0 aromatic heterocycles. The number of carbonyl (C=O) groups is 1. The molecule has 0 atom stereocenters. The monoisotopic (exact) mass is 426 g/mol. The molecular formula is C24H30N2O3S. The Hall–Kier alpha value is -2.18. The van der Waals surface area contributed by atoms with Crippen LogP contribution in [0.25, 0.3) is 0 Å². The van der Waals surface area contributed by atoms with E-state index in [2.05, 4.69) is 36.8 Å². The fourth-order valence-electron chi connectivity index (χ4n) is 4.33. The first-order valence-electron chi connectivity index (χ1n) is 10.7. The molecule has 0 bridgehead atoms. The Bertz CT molecular complexity index is 890. The van der Waals surface area contributed by atoms with Gasteiger partial charge in [0, 0.05) is 30.8 Å². The van der Waals surface area contributed by atoms with Crippen LogP contribution >= 0.6 is 11.9 Å². The van der Waals surface area contributed by atoms with Crippen LogP contribution in [0.5, 0.6) is 5.75 Å². The lowest BCUT2D eigenvalue weighted by molar-refractivity contribution is -0.0311. The highest BCUT2D eigenvalue weighted by Crippen LogP contribution is 2.36. The molecule has 2 heterocycles. The first-order valence-corrected chi connectivity index (χ1v) is 11.5. The fourth-order valence-corrected chi connectivity index (χ4v) is 5.13. The van der Waals surface area contributed by atoms with Crippen LogP contribution in [0.3, 0.4) is 0 Å². The Morgan fingerprint density at radius 3 is 2.63 bits per heavy atom. The first-order chi connectivity index (χ1) is 14.4. The Labute approximate surface area is 182 Å². The van der Waals surface area contributed by atoms with Crippen molar-refractivity contribution in [3.63, 3.8) is 0 Å². The summed E-state index contributed by atoms with van der Waals surface area (Å²) in [4.78, 5) is 15.8. The third-order valence-corrected chi connectivity index (χ3v) is 6.74. The molecule has 1 fully saturated rings. The number of benzene rings is 2. The van der Waals surface area contributed by atoms with Crippen molar-refractivity contribution in [3.05, 3.63) is 53.6 Å². The second kappa shape index (κ2) is 8.90. The lowest BCUT2D eigenvalue weighted by Crippen LogP contribution is -2.47. The minimum Gasteiger partial charge on any atom is -0.492 e. The molecule has 0 spiro atoms. The van der Waals surface area contributed by atoms with Crippen LogP contribution in [0.1, 0.15) is 49.0 Å². The van der Waals surface area contributed by atoms with E-state index in [0.717, 1.165) is 35.8 Å². The Morgan fingerprint density at radius 1 is 1.20 bits per heavy atom. The molecule has 1 saturated heterocycles. The summed E-state index contributed by atoms with van der Waals surface area (Å²) in [6.07, 6.45) is 3.06. The molecule has 6 heteroatoms. The highest BCUT2D eigenvalue weighted by atomic mass is 32.2. The molecule has 160 valence electrons. The second-order valence-corrected chi connectivity index (χ2v) is 9.59. The molecule has 4 rings (SSSR count). The average Bonchev–Trinajstić information content (AvgIpc) is 3.21. The number of fused-ring (bicyclic) bond motifs is 1. The van der Waals surface area contributed by atoms with E-state index >= 15 is 0 Å². The largest absolute Gasteiger partial charge is 0.492 e. The lowest BCUT2D eigenvalue weighted by Gasteiger charge is -2.39. The van der Waals surface area contributed by atoms with Crippen molar-refractivity contribution in [3.8, 4) is 5.75 Å². The number of nitrogens with zero attached hydrogens (tertiary/aromatic N) is 1. The second-order valence-electron chi connectivity index (χ2n) is 8.74. The molecule has 0 aliphatic carbocycles. The number of para-hydroxylation sites is 1. The highest BCUT2D eigenvalue weighted by molar-refractivity contribution is 8.00. The summed E-state index contributed by atoms with van der Waals surface area (Å²) < 4.78 is 9.09. The van der Waals surface area contributed by atoms with Gasteiger partial charge in [-0.15, -0.1) is 0 Å². The third-order valence-electron chi connectivity index (χ3n) is 5.86. The molecule has 2 N–H and O–H groups in total. The number of amides is 1. The normalized spacial score (nSPS) is 17.5. The van der Waals surface area contributed by atoms with Crippen LogP contribution in [0.4, 0.5) is 5.69 Å². The van der Waals surface area contributed by atoms with E-state index in [1.54, 1.807) is 0 Å². The van der Waals surface area contributed by atoms with Crippen molar-refractivity contribution in [1.29, 1.82) is 0 Å². The molecular weight excluding hydrogens is 396 g/mol. The molecule has 5 nitrogen and oxygen atoms in total. The predicted octanol–water partition coefficient (Wildman–Crippen LogP) is 4.75. The summed E-state index contributed by atoms with van der Waals surface area (Å²) in [6, 6.07) is 13.8. The molecule has 1 amide bonds. The van der Waals surface area contributed by atoms with Crippen molar-refractivity contribution >= 4 is 23.5 Å². The molecule has 2 aromatic rings. The topological polar surface area (TPSA) is 61.8 Å². The number of hydrogen-bond acceptors (Lipinski definition) is 5. The summed E-state index contributed by atoms with van der Waals surface area (Å²) in [5, 5.41) is 10.7. The summed E-state index contributed by atoms with van der Waals surface area (Å²) >= 11 is 1.53. The van der Waals surface area contributed by atoms with Crippen LogP contribution in [0.15, 0.2) is 47.4 Å². The van der Waals surface area contributed by atoms with E-state index in [0.29, 0.717) is 37.4 Å². The van der Waals surface area contributed by atoms with E-state index < -0.39 is 5.60 Å². The number of aliphatic hydroxyl groups is 1. The minimum absolute atomic E-state index is 0.0371. The van der Waals surface area contributed by atoms with Crippen LogP contribution in [-0.4, -0.2) is 41.2 Å². The van der Waals surface area contributed by atoms with E-state index in [1.807, 2.05) is 29.2 Å². The molecule has 0 radical (unpaired) electrons. The number of hydrogen-bond donors (Lipinski definition) is 2. The van der Waals surface area contributed by atoms with E-state index in [1.165, 1.54) is 17.5 Å². The maximum absolute atomic E-state index is 12.9. The Kier molecular flexibility index (Phi) is 6.25. The first kappa shape index (κ1) is 21.1. The van der Waals surface area contributed by atoms with Gasteiger partial charge in [-0.25, -0.2) is 0 Å². The van der Waals surface area contributed by atoms with Crippen LogP contribution in [0, 0.1) is 5.92 Å². The predicted molar refractivity (Wildman–Crippen MR) is 121 cm³/mol. The zero-order chi connectivity index (χ0) is 21.1. The van der Waals surface area contributed by atoms with Gasteiger partial charge in [0.1, 0.15) is 5.75 Å². The molecule has 2 aliphatic rings. The Morgan fingerprint density at radius 2 is 1.93 bits per heavy atom. The summed E-state index contributed by atoms with van der Waals surface area (Å²) in [5.41, 5.74) is 2.25. The zero-order valence-corrected chi connectivity index (χ0v) is 18.5. The van der Waals surface area contributed by atoms with Crippen molar-refractivity contribution in [1.82, 2.24) is 4.90 Å². The molecule has 2 aliphatic heterocycles. The lowest BCUT2D eigenvalue weighted by atomic mass is 9.84. The van der Waals surface area contributed by atoms with Gasteiger partial charge in [0.25, 0.3) is 5.91 Å². The number of nitrogens with one attached hydrogen (secondary N) is 1. The van der Waals surface area contributed by atoms with Gasteiger partial charge in [-0.3, -0.25) is 4.79 Å². The smallest absolute Gasteiger partial charge is 0.253 e. The Balaban J connectivity index is 1.33. The number of rotatable bonds is 6. The number of carbonyl (C=O) groups excluding carboxylic acids is 1. The fraction of sp³-hybridized carbons (Fsp3) is 0.458. The standard InChI is InChI=1S/C24H30N2O3S/c1-17(2)16-24(28)11-13-26(14-12-24)23(27)19-6-8-20(9-7-19)25-30-21-5-3-4-18-10-15-29-22(18)21/h3-9,17,25,28H,10-16H2,1-2H3. The van der Waals surface area contributed by atoms with Crippen LogP contribution in [-0.2, 0) is 6.42 Å². The number of piperidine rings is 1. The van der Waals surface area contributed by atoms with Gasteiger partial charge < -0.3 is 19.5 Å². The van der Waals surface area contributed by atoms with Crippen molar-refractivity contribution < 1.29 is 14.6 Å². The number of likely N-dealkylation sites (tertiary alicyclic amines) is 1. The van der Waals surface area contributed by atoms with Gasteiger partial charge in [0.05, 0.1) is 17.1 Å². The van der Waals surface area contributed by atoms with Gasteiger partial charge in [0.2, 0.25) is 0 Å². The van der Waals surface area contributed by atoms with Gasteiger partial charge in [-0.1, -0.05) is 26.0 Å². The molecule has 2 aromatic carbocycles. The van der Waals surface area contributed by atoms with Crippen molar-refractivity contribution in [2.45, 2.75) is 50.0 Å². The van der Waals surface area contributed by atoms with Crippen LogP contribution in [0.2, 0.25) is 0 Å². The maximum atomic E-state index is 12.9. The zero-order valence-electron chi connectivity index (χ0n) is 17.7. The van der Waals surface area contributed by atoms with Crippen LogP contribution < -0.4 is 9.46 Å². The molecule has 0 saturated carbocycles. The molecule has 30 heavy (non-hydrogen) atoms. The van der Waals surface area contributed by atoms with Crippen molar-refractivity contribution in [2.75, 3.05) is 24.4 Å². The van der Waals surface area contributed by atoms with Gasteiger partial charge >= 0.3 is 0 Å². The number of ether oxygens (including phenoxy) is 1. The van der Waals surface area contributed by atoms with Gasteiger partial charge in [-0.05, 0) is 73.0 Å². The highest BCUT2D eigenvalue weighted by Gasteiger charge is 2.34. The summed E-state index contributed by atoms with van der Waals surface area (Å²) in [7, 11) is 0. The average molecular weight is 427 g/mol. The minimum atomic E-state index is -0.628. The summed E-state index contributed by atoms with van der Waals surface area (Å²) in [6.45, 7) is 6.21. The van der Waals surface area contributed by atoms with Gasteiger partial charge in [0.15, 0.2) is 0 Å². The maximum Gasteiger partial charge on any atom is 0.253 e. The van der Waals surface area contributed by atoms with E-state index in [9.17, 15) is 9.90 Å². The molecule has 0 unspecified atom stereocenters. The van der Waals surface area contributed by atoms with E-state index in [4.69, 9.17) is 4.74 Å². The van der Waals surface area contributed by atoms with E-state index in [-0.39, 0.29) is 5.91 Å². The summed E-state index contributed by atoms with van der Waals surface area (Å²) in [5.74, 6) is 1.47. The third kappa shape index (κ3) is 4.76. The quantitative estimate of drug-likeness (QED) is 0.653. The number of anilines is 1. The van der Waals surface area contributed by atoms with Crippen molar-refractivity contribution in [2.24, 2.45) is 5.92 Å². The van der Waals surface area contributed by atoms with Gasteiger partial charge in [-0.2, -0.15) is 0 Å².